The molecule has 0 spiro atoms. The number of methoxy groups -OCH3 is 1. The molecule has 0 aromatic heterocycles. The van der Waals surface area contributed by atoms with E-state index in [0.717, 1.165) is 0 Å². The van der Waals surface area contributed by atoms with E-state index < -0.39 is 11.6 Å². The normalized spacial score (nSPS) is 13.6. The van der Waals surface area contributed by atoms with Crippen molar-refractivity contribution in [1.82, 2.24) is 5.32 Å². The van der Waals surface area contributed by atoms with Crippen molar-refractivity contribution < 1.29 is 18.3 Å². The Balaban J connectivity index is 2.11. The van der Waals surface area contributed by atoms with Crippen molar-refractivity contribution in [2.45, 2.75) is 39.5 Å². The van der Waals surface area contributed by atoms with Crippen molar-refractivity contribution in [3.8, 4) is 0 Å². The van der Waals surface area contributed by atoms with Gasteiger partial charge in [0.15, 0.2) is 0 Å². The summed E-state index contributed by atoms with van der Waals surface area (Å²) < 4.78 is 38.5. The summed E-state index contributed by atoms with van der Waals surface area (Å²) in [5.74, 6) is -1.12. The van der Waals surface area contributed by atoms with Crippen LogP contribution in [0, 0.1) is 25.5 Å². The zero-order chi connectivity index (χ0) is 19.1. The Morgan fingerprint density at radius 3 is 2.15 bits per heavy atom. The quantitative estimate of drug-likeness (QED) is 0.667. The van der Waals surface area contributed by atoms with Crippen LogP contribution in [0.4, 0.5) is 8.78 Å². The van der Waals surface area contributed by atoms with Crippen molar-refractivity contribution >= 4 is 0 Å². The summed E-state index contributed by atoms with van der Waals surface area (Å²) in [5, 5.41) is 3.31. The van der Waals surface area contributed by atoms with Gasteiger partial charge in [0, 0.05) is 25.1 Å². The zero-order valence-corrected chi connectivity index (χ0v) is 15.8. The van der Waals surface area contributed by atoms with Gasteiger partial charge in [-0.25, -0.2) is 8.78 Å². The van der Waals surface area contributed by atoms with Gasteiger partial charge in [0.05, 0.1) is 13.2 Å². The molecule has 2 unspecified atom stereocenters. The minimum atomic E-state index is -0.584. The highest BCUT2D eigenvalue weighted by Crippen LogP contribution is 2.25. The fourth-order valence-electron chi connectivity index (χ4n) is 3.08. The Morgan fingerprint density at radius 2 is 1.58 bits per heavy atom. The van der Waals surface area contributed by atoms with Gasteiger partial charge >= 0.3 is 0 Å². The monoisotopic (exact) mass is 363 g/mol. The van der Waals surface area contributed by atoms with Crippen LogP contribution in [0.2, 0.25) is 0 Å². The lowest BCUT2D eigenvalue weighted by Gasteiger charge is -2.24. The van der Waals surface area contributed by atoms with Crippen molar-refractivity contribution in [2.75, 3.05) is 20.3 Å². The average Bonchev–Trinajstić information content (AvgIpc) is 2.60. The number of aryl methyl sites for hydroxylation is 2. The minimum Gasteiger partial charge on any atom is -0.376 e. The average molecular weight is 363 g/mol. The lowest BCUT2D eigenvalue weighted by Crippen LogP contribution is -2.33. The Hall–Kier alpha value is -1.82. The van der Waals surface area contributed by atoms with Gasteiger partial charge in [-0.05, 0) is 49.6 Å². The summed E-state index contributed by atoms with van der Waals surface area (Å²) in [5.41, 5.74) is 3.49. The molecular formula is C21H27F2NO2. The maximum atomic E-state index is 13.8. The van der Waals surface area contributed by atoms with Crippen LogP contribution in [-0.2, 0) is 16.1 Å². The van der Waals surface area contributed by atoms with Gasteiger partial charge < -0.3 is 9.47 Å². The number of benzene rings is 2. The molecule has 0 aliphatic carbocycles. The van der Waals surface area contributed by atoms with Gasteiger partial charge in [-0.2, -0.15) is 0 Å². The molecule has 0 bridgehead atoms. The highest BCUT2D eigenvalue weighted by molar-refractivity contribution is 5.37. The van der Waals surface area contributed by atoms with Gasteiger partial charge in [0.2, 0.25) is 0 Å². The third kappa shape index (κ3) is 5.34. The number of rotatable bonds is 9. The van der Waals surface area contributed by atoms with Crippen LogP contribution >= 0.6 is 0 Å². The number of hydrogen-bond acceptors (Lipinski definition) is 3. The first-order valence-electron chi connectivity index (χ1n) is 8.77. The van der Waals surface area contributed by atoms with Crippen molar-refractivity contribution in [1.29, 1.82) is 0 Å². The third-order valence-electron chi connectivity index (χ3n) is 4.58. The molecule has 0 fully saturated rings. The lowest BCUT2D eigenvalue weighted by molar-refractivity contribution is 0.0729. The Morgan fingerprint density at radius 1 is 1.00 bits per heavy atom. The largest absolute Gasteiger partial charge is 0.376 e. The van der Waals surface area contributed by atoms with Crippen LogP contribution in [0.3, 0.4) is 0 Å². The topological polar surface area (TPSA) is 30.5 Å². The maximum Gasteiger partial charge on any atom is 0.131 e. The summed E-state index contributed by atoms with van der Waals surface area (Å²) in [7, 11) is 1.64. The Labute approximate surface area is 154 Å². The van der Waals surface area contributed by atoms with Crippen LogP contribution in [0.5, 0.6) is 0 Å². The Kier molecular flexibility index (Phi) is 7.69. The van der Waals surface area contributed by atoms with Crippen LogP contribution in [-0.4, -0.2) is 26.5 Å². The zero-order valence-electron chi connectivity index (χ0n) is 15.8. The van der Waals surface area contributed by atoms with Gasteiger partial charge in [-0.15, -0.1) is 0 Å². The second-order valence-electron chi connectivity index (χ2n) is 6.50. The second-order valence-corrected chi connectivity index (χ2v) is 6.50. The van der Waals surface area contributed by atoms with E-state index in [1.165, 1.54) is 34.9 Å². The molecule has 26 heavy (non-hydrogen) atoms. The number of hydrogen-bond donors (Lipinski definition) is 1. The van der Waals surface area contributed by atoms with Crippen LogP contribution in [0.15, 0.2) is 36.4 Å². The number of ether oxygens (including phenoxy) is 2. The first-order chi connectivity index (χ1) is 12.4. The van der Waals surface area contributed by atoms with Crippen LogP contribution in [0.1, 0.15) is 35.1 Å². The third-order valence-corrected chi connectivity index (χ3v) is 4.58. The van der Waals surface area contributed by atoms with E-state index in [9.17, 15) is 8.78 Å². The van der Waals surface area contributed by atoms with Crippen molar-refractivity contribution in [3.05, 3.63) is 70.3 Å². The highest BCUT2D eigenvalue weighted by atomic mass is 19.1. The molecule has 3 nitrogen and oxygen atoms in total. The molecule has 0 aliphatic heterocycles. The molecule has 2 aromatic carbocycles. The fraction of sp³-hybridized carbons (Fsp3) is 0.429. The summed E-state index contributed by atoms with van der Waals surface area (Å²) in [6.45, 7) is 6.94. The number of nitrogens with one attached hydrogen (secondary N) is 1. The standard InChI is InChI=1S/C21H27F2NO2/c1-14-7-5-8-15(2)21(14)17(11-24-16(3)25-4)12-26-13-18-19(22)9-6-10-20(18)23/h5-10,16-17,24H,11-13H2,1-4H3. The highest BCUT2D eigenvalue weighted by Gasteiger charge is 2.18. The SMILES string of the molecule is COC(C)NCC(COCc1c(F)cccc1F)c1c(C)cccc1C. The van der Waals surface area contributed by atoms with Crippen LogP contribution in [0.25, 0.3) is 0 Å². The van der Waals surface area contributed by atoms with Gasteiger partial charge in [-0.3, -0.25) is 5.32 Å². The minimum absolute atomic E-state index is 0.0361. The molecule has 0 radical (unpaired) electrons. The molecule has 0 saturated heterocycles. The molecule has 1 N–H and O–H groups in total. The molecule has 0 aliphatic rings. The lowest BCUT2D eigenvalue weighted by atomic mass is 9.91. The molecule has 2 atom stereocenters. The molecule has 0 saturated carbocycles. The summed E-state index contributed by atoms with van der Waals surface area (Å²) in [6, 6.07) is 9.98. The summed E-state index contributed by atoms with van der Waals surface area (Å²) in [6.07, 6.45) is -0.0918. The molecular weight excluding hydrogens is 336 g/mol. The molecule has 0 heterocycles. The fourth-order valence-corrected chi connectivity index (χ4v) is 3.08. The molecule has 5 heteroatoms. The van der Waals surface area contributed by atoms with E-state index in [1.54, 1.807) is 7.11 Å². The van der Waals surface area contributed by atoms with Crippen molar-refractivity contribution in [2.24, 2.45) is 0 Å². The van der Waals surface area contributed by atoms with E-state index in [2.05, 4.69) is 31.3 Å². The van der Waals surface area contributed by atoms with Gasteiger partial charge in [0.25, 0.3) is 0 Å². The van der Waals surface area contributed by atoms with E-state index in [4.69, 9.17) is 9.47 Å². The van der Waals surface area contributed by atoms with Crippen molar-refractivity contribution in [3.63, 3.8) is 0 Å². The molecule has 2 aromatic rings. The predicted molar refractivity (Wildman–Crippen MR) is 99.1 cm³/mol. The van der Waals surface area contributed by atoms with Crippen LogP contribution < -0.4 is 5.32 Å². The summed E-state index contributed by atoms with van der Waals surface area (Å²) >= 11 is 0. The molecule has 142 valence electrons. The molecule has 0 amide bonds. The summed E-state index contributed by atoms with van der Waals surface area (Å²) in [4.78, 5) is 0. The van der Waals surface area contributed by atoms with E-state index in [-0.39, 0.29) is 24.3 Å². The first-order valence-corrected chi connectivity index (χ1v) is 8.77. The van der Waals surface area contributed by atoms with Gasteiger partial charge in [0.1, 0.15) is 17.9 Å². The first kappa shape index (κ1) is 20.5. The van der Waals surface area contributed by atoms with E-state index in [0.29, 0.717) is 13.2 Å². The number of halogens is 2. The second kappa shape index (κ2) is 9.76. The maximum absolute atomic E-state index is 13.8. The van der Waals surface area contributed by atoms with Gasteiger partial charge in [-0.1, -0.05) is 24.3 Å². The Bertz CT molecular complexity index is 681. The van der Waals surface area contributed by atoms with E-state index >= 15 is 0 Å². The smallest absolute Gasteiger partial charge is 0.131 e. The molecule has 2 rings (SSSR count). The predicted octanol–water partition coefficient (Wildman–Crippen LogP) is 4.46. The van der Waals surface area contributed by atoms with E-state index in [1.807, 2.05) is 13.0 Å².